The molecule has 1 rings (SSSR count). The van der Waals surface area contributed by atoms with Crippen LogP contribution in [0.15, 0.2) is 0 Å². The molecule has 1 fully saturated rings. The highest BCUT2D eigenvalue weighted by Gasteiger charge is 2.36. The first-order valence-electron chi connectivity index (χ1n) is 5.99. The van der Waals surface area contributed by atoms with E-state index in [1.54, 1.807) is 0 Å². The predicted molar refractivity (Wildman–Crippen MR) is 60.8 cm³/mol. The van der Waals surface area contributed by atoms with Crippen LogP contribution >= 0.6 is 0 Å². The third kappa shape index (κ3) is 3.82. The molecule has 0 saturated heterocycles. The van der Waals surface area contributed by atoms with Crippen LogP contribution in [0.1, 0.15) is 46.5 Å². The van der Waals surface area contributed by atoms with E-state index < -0.39 is 5.97 Å². The topological polar surface area (TPSA) is 49.3 Å². The number of aliphatic carboxylic acids is 1. The van der Waals surface area contributed by atoms with Gasteiger partial charge in [-0.15, -0.1) is 0 Å². The largest absolute Gasteiger partial charge is 0.481 e. The molecule has 0 aromatic rings. The molecule has 1 aliphatic rings. The van der Waals surface area contributed by atoms with Gasteiger partial charge in [-0.05, 0) is 38.5 Å². The van der Waals surface area contributed by atoms with Crippen LogP contribution in [0, 0.1) is 11.8 Å². The highest BCUT2D eigenvalue weighted by Crippen LogP contribution is 2.28. The van der Waals surface area contributed by atoms with Gasteiger partial charge in [0, 0.05) is 12.1 Å². The first kappa shape index (κ1) is 12.5. The zero-order valence-electron chi connectivity index (χ0n) is 9.99. The minimum absolute atomic E-state index is 0.147. The lowest BCUT2D eigenvalue weighted by Crippen LogP contribution is -2.50. The van der Waals surface area contributed by atoms with Gasteiger partial charge in [-0.1, -0.05) is 13.8 Å². The van der Waals surface area contributed by atoms with Crippen LogP contribution in [0.4, 0.5) is 0 Å². The van der Waals surface area contributed by atoms with E-state index in [0.717, 1.165) is 25.2 Å². The minimum Gasteiger partial charge on any atom is -0.481 e. The number of hydrogen-bond acceptors (Lipinski definition) is 2. The molecule has 0 amide bonds. The predicted octanol–water partition coefficient (Wildman–Crippen LogP) is 2.26. The minimum atomic E-state index is -0.644. The Labute approximate surface area is 92.3 Å². The Morgan fingerprint density at radius 1 is 1.33 bits per heavy atom. The van der Waals surface area contributed by atoms with Gasteiger partial charge < -0.3 is 10.4 Å². The molecule has 0 aliphatic heterocycles. The Bertz CT molecular complexity index is 216. The fourth-order valence-corrected chi connectivity index (χ4v) is 2.03. The average Bonchev–Trinajstić information content (AvgIpc) is 2.08. The number of carbonyl (C=O) groups is 1. The number of rotatable bonds is 6. The molecule has 0 aromatic carbocycles. The number of hydrogen-bond donors (Lipinski definition) is 2. The Balaban J connectivity index is 2.20. The zero-order valence-corrected chi connectivity index (χ0v) is 9.99. The SMILES string of the molecule is CC(C)CCC(C)NC1CCC1C(=O)O. The van der Waals surface area contributed by atoms with Crippen molar-refractivity contribution in [1.29, 1.82) is 0 Å². The summed E-state index contributed by atoms with van der Waals surface area (Å²) in [6.45, 7) is 6.59. The van der Waals surface area contributed by atoms with E-state index in [1.165, 1.54) is 6.42 Å². The van der Waals surface area contributed by atoms with Crippen molar-refractivity contribution in [3.8, 4) is 0 Å². The second kappa shape index (κ2) is 5.50. The maximum atomic E-state index is 10.8. The quantitative estimate of drug-likeness (QED) is 0.711. The van der Waals surface area contributed by atoms with Gasteiger partial charge in [0.15, 0.2) is 0 Å². The van der Waals surface area contributed by atoms with Crippen LogP contribution in [0.5, 0.6) is 0 Å². The van der Waals surface area contributed by atoms with Crippen molar-refractivity contribution in [3.63, 3.8) is 0 Å². The molecule has 1 saturated carbocycles. The summed E-state index contributed by atoms with van der Waals surface area (Å²) >= 11 is 0. The normalized spacial score (nSPS) is 27.5. The van der Waals surface area contributed by atoms with Crippen molar-refractivity contribution < 1.29 is 9.90 Å². The number of nitrogens with one attached hydrogen (secondary N) is 1. The molecule has 88 valence electrons. The van der Waals surface area contributed by atoms with Crippen LogP contribution in [0.2, 0.25) is 0 Å². The molecule has 0 heterocycles. The van der Waals surface area contributed by atoms with E-state index in [-0.39, 0.29) is 12.0 Å². The summed E-state index contributed by atoms with van der Waals surface area (Å²) in [4.78, 5) is 10.8. The highest BCUT2D eigenvalue weighted by molar-refractivity contribution is 5.72. The fraction of sp³-hybridized carbons (Fsp3) is 0.917. The van der Waals surface area contributed by atoms with Crippen LogP contribution in [-0.2, 0) is 4.79 Å². The lowest BCUT2D eigenvalue weighted by atomic mass is 9.79. The average molecular weight is 213 g/mol. The van der Waals surface area contributed by atoms with E-state index in [0.29, 0.717) is 6.04 Å². The second-order valence-corrected chi connectivity index (χ2v) is 5.17. The molecular formula is C12H23NO2. The number of carboxylic acid groups (broad SMARTS) is 1. The van der Waals surface area contributed by atoms with Gasteiger partial charge in [-0.3, -0.25) is 4.79 Å². The highest BCUT2D eigenvalue weighted by atomic mass is 16.4. The Morgan fingerprint density at radius 2 is 2.00 bits per heavy atom. The smallest absolute Gasteiger partial charge is 0.308 e. The third-order valence-electron chi connectivity index (χ3n) is 3.27. The third-order valence-corrected chi connectivity index (χ3v) is 3.27. The summed E-state index contributed by atoms with van der Waals surface area (Å²) in [5.74, 6) is -0.0628. The molecule has 3 unspecified atom stereocenters. The van der Waals surface area contributed by atoms with Gasteiger partial charge >= 0.3 is 5.97 Å². The Morgan fingerprint density at radius 3 is 2.40 bits per heavy atom. The summed E-state index contributed by atoms with van der Waals surface area (Å²) in [7, 11) is 0. The number of carboxylic acids is 1. The van der Waals surface area contributed by atoms with Gasteiger partial charge in [-0.2, -0.15) is 0 Å². The first-order valence-corrected chi connectivity index (χ1v) is 5.99. The summed E-state index contributed by atoms with van der Waals surface area (Å²) < 4.78 is 0. The van der Waals surface area contributed by atoms with Crippen molar-refractivity contribution in [1.82, 2.24) is 5.32 Å². The molecule has 0 radical (unpaired) electrons. The Hall–Kier alpha value is -0.570. The fourth-order valence-electron chi connectivity index (χ4n) is 2.03. The Kier molecular flexibility index (Phi) is 4.58. The van der Waals surface area contributed by atoms with Crippen molar-refractivity contribution in [2.75, 3.05) is 0 Å². The van der Waals surface area contributed by atoms with Crippen molar-refractivity contribution in [2.45, 2.75) is 58.5 Å². The van der Waals surface area contributed by atoms with Gasteiger partial charge in [0.25, 0.3) is 0 Å². The van der Waals surface area contributed by atoms with Gasteiger partial charge in [0.2, 0.25) is 0 Å². The van der Waals surface area contributed by atoms with Crippen molar-refractivity contribution in [2.24, 2.45) is 11.8 Å². The molecule has 3 heteroatoms. The van der Waals surface area contributed by atoms with Gasteiger partial charge in [-0.25, -0.2) is 0 Å². The second-order valence-electron chi connectivity index (χ2n) is 5.17. The molecule has 3 atom stereocenters. The van der Waals surface area contributed by atoms with E-state index in [4.69, 9.17) is 5.11 Å². The van der Waals surface area contributed by atoms with Crippen LogP contribution in [0.25, 0.3) is 0 Å². The zero-order chi connectivity index (χ0) is 11.4. The molecule has 2 N–H and O–H groups in total. The van der Waals surface area contributed by atoms with E-state index in [1.807, 2.05) is 0 Å². The van der Waals surface area contributed by atoms with Gasteiger partial charge in [0.1, 0.15) is 0 Å². The molecule has 15 heavy (non-hydrogen) atoms. The monoisotopic (exact) mass is 213 g/mol. The van der Waals surface area contributed by atoms with Crippen LogP contribution < -0.4 is 5.32 Å². The molecule has 0 aromatic heterocycles. The first-order chi connectivity index (χ1) is 7.00. The van der Waals surface area contributed by atoms with Gasteiger partial charge in [0.05, 0.1) is 5.92 Å². The van der Waals surface area contributed by atoms with Crippen molar-refractivity contribution >= 4 is 5.97 Å². The van der Waals surface area contributed by atoms with E-state index in [2.05, 4.69) is 26.1 Å². The molecular weight excluding hydrogens is 190 g/mol. The lowest BCUT2D eigenvalue weighted by Gasteiger charge is -2.36. The summed E-state index contributed by atoms with van der Waals surface area (Å²) in [5, 5.41) is 12.3. The molecule has 3 nitrogen and oxygen atoms in total. The maximum absolute atomic E-state index is 10.8. The molecule has 0 spiro atoms. The summed E-state index contributed by atoms with van der Waals surface area (Å²) in [5.41, 5.74) is 0. The summed E-state index contributed by atoms with van der Waals surface area (Å²) in [6, 6.07) is 0.657. The van der Waals surface area contributed by atoms with E-state index >= 15 is 0 Å². The molecule has 0 bridgehead atoms. The molecule has 1 aliphatic carbocycles. The van der Waals surface area contributed by atoms with Crippen molar-refractivity contribution in [3.05, 3.63) is 0 Å². The maximum Gasteiger partial charge on any atom is 0.308 e. The van der Waals surface area contributed by atoms with E-state index in [9.17, 15) is 4.79 Å². The lowest BCUT2D eigenvalue weighted by molar-refractivity contribution is -0.146. The van der Waals surface area contributed by atoms with Crippen LogP contribution in [-0.4, -0.2) is 23.2 Å². The van der Waals surface area contributed by atoms with Crippen LogP contribution in [0.3, 0.4) is 0 Å². The summed E-state index contributed by atoms with van der Waals surface area (Å²) in [6.07, 6.45) is 4.20. The standard InChI is InChI=1S/C12H23NO2/c1-8(2)4-5-9(3)13-11-7-6-10(11)12(14)15/h8-11,13H,4-7H2,1-3H3,(H,14,15).